The van der Waals surface area contributed by atoms with Crippen molar-refractivity contribution in [2.75, 3.05) is 17.2 Å². The highest BCUT2D eigenvalue weighted by Crippen LogP contribution is 2.44. The normalized spacial score (nSPS) is 15.8. The Morgan fingerprint density at radius 3 is 2.62 bits per heavy atom. The monoisotopic (exact) mass is 590 g/mol. The number of nitrogens with one attached hydrogen (secondary N) is 2. The van der Waals surface area contributed by atoms with Gasteiger partial charge in [0.15, 0.2) is 5.82 Å². The van der Waals surface area contributed by atoms with Crippen LogP contribution in [0.5, 0.6) is 0 Å². The van der Waals surface area contributed by atoms with Gasteiger partial charge < -0.3 is 19.8 Å². The molecule has 2 N–H and O–H groups in total. The van der Waals surface area contributed by atoms with Gasteiger partial charge in [0.05, 0.1) is 63.8 Å². The number of para-hydroxylation sites is 1. The number of benzene rings is 2. The average Bonchev–Trinajstić information content (AvgIpc) is 3.91. The van der Waals surface area contributed by atoms with Gasteiger partial charge in [-0.1, -0.05) is 18.2 Å². The molecule has 10 rings (SSSR count). The number of furan rings is 1. The van der Waals surface area contributed by atoms with E-state index in [0.29, 0.717) is 24.0 Å². The maximum absolute atomic E-state index is 5.48. The van der Waals surface area contributed by atoms with Gasteiger partial charge in [-0.15, -0.1) is 0 Å². The SMILES string of the molecule is C1=Nc2cccc(NC3=COCC3)c2C1c1nc2ncnc3nc(-n4cnc5cccc(Nc6ccoc6)c54)c4ccc1c4n23. The first kappa shape index (κ1) is 24.2. The Morgan fingerprint density at radius 2 is 1.73 bits per heavy atom. The lowest BCUT2D eigenvalue weighted by molar-refractivity contribution is 0.281. The quantitative estimate of drug-likeness (QED) is 0.224. The van der Waals surface area contributed by atoms with Crippen molar-refractivity contribution < 1.29 is 9.15 Å². The Kier molecular flexibility index (Phi) is 4.89. The number of fused-ring (bicyclic) bond motifs is 2. The molecule has 0 amide bonds. The highest BCUT2D eigenvalue weighted by Gasteiger charge is 2.30. The number of anilines is 3. The highest BCUT2D eigenvalue weighted by atomic mass is 16.5. The van der Waals surface area contributed by atoms with Crippen molar-refractivity contribution in [1.29, 1.82) is 0 Å². The van der Waals surface area contributed by atoms with Crippen LogP contribution >= 0.6 is 0 Å². The second kappa shape index (κ2) is 9.10. The number of aliphatic imine (C=N–C) groups is 1. The van der Waals surface area contributed by atoms with Gasteiger partial charge in [-0.2, -0.15) is 4.98 Å². The topological polar surface area (TPSA) is 133 Å². The lowest BCUT2D eigenvalue weighted by atomic mass is 9.93. The predicted octanol–water partition coefficient (Wildman–Crippen LogP) is 6.46. The van der Waals surface area contributed by atoms with Crippen molar-refractivity contribution in [1.82, 2.24) is 33.9 Å². The number of aromatic nitrogens is 7. The maximum Gasteiger partial charge on any atom is 0.240 e. The Morgan fingerprint density at radius 1 is 0.844 bits per heavy atom. The largest absolute Gasteiger partial charge is 0.499 e. The minimum Gasteiger partial charge on any atom is -0.499 e. The smallest absolute Gasteiger partial charge is 0.240 e. The van der Waals surface area contributed by atoms with Crippen LogP contribution in [-0.4, -0.2) is 46.7 Å². The van der Waals surface area contributed by atoms with Gasteiger partial charge in [0, 0.05) is 34.7 Å². The van der Waals surface area contributed by atoms with E-state index in [0.717, 1.165) is 73.4 Å². The fourth-order valence-corrected chi connectivity index (χ4v) is 6.55. The van der Waals surface area contributed by atoms with E-state index in [2.05, 4.69) is 38.8 Å². The molecule has 216 valence electrons. The summed E-state index contributed by atoms with van der Waals surface area (Å²) in [5, 5.41) is 8.94. The Labute approximate surface area is 254 Å². The lowest BCUT2D eigenvalue weighted by Gasteiger charge is -2.18. The van der Waals surface area contributed by atoms with Crippen molar-refractivity contribution in [3.05, 3.63) is 103 Å². The summed E-state index contributed by atoms with van der Waals surface area (Å²) < 4.78 is 14.7. The first-order valence-corrected chi connectivity index (χ1v) is 14.6. The molecule has 45 heavy (non-hydrogen) atoms. The Bertz CT molecular complexity index is 2490. The molecule has 2 aliphatic rings. The fraction of sp³-hybridized carbons (Fsp3) is 0.0909. The zero-order valence-electron chi connectivity index (χ0n) is 23.5. The van der Waals surface area contributed by atoms with Crippen molar-refractivity contribution in [3.63, 3.8) is 0 Å². The van der Waals surface area contributed by atoms with E-state index in [1.807, 2.05) is 51.6 Å². The van der Waals surface area contributed by atoms with Gasteiger partial charge in [0.2, 0.25) is 11.6 Å². The van der Waals surface area contributed by atoms with Gasteiger partial charge >= 0.3 is 0 Å². The highest BCUT2D eigenvalue weighted by molar-refractivity contribution is 6.07. The standard InChI is InChI=1S/C33H22N10O2/c1-3-23-27(24(4-1)38-18-9-11-44-14-18)22(13-34-23)28-20-7-8-21-29(20)43-32(40-28)35-16-36-33(43)41-31(21)42-17-37-25-5-2-6-26(30(25)42)39-19-10-12-45-15-19/h1-8,10,12-17,22,38-39H,9,11H2. The van der Waals surface area contributed by atoms with E-state index < -0.39 is 0 Å². The van der Waals surface area contributed by atoms with Crippen molar-refractivity contribution in [3.8, 4) is 5.82 Å². The Hall–Kier alpha value is -6.30. The summed E-state index contributed by atoms with van der Waals surface area (Å²) in [7, 11) is 0. The van der Waals surface area contributed by atoms with Gasteiger partial charge in [-0.25, -0.2) is 24.3 Å². The molecule has 12 nitrogen and oxygen atoms in total. The van der Waals surface area contributed by atoms with Crippen molar-refractivity contribution >= 4 is 67.8 Å². The fourth-order valence-electron chi connectivity index (χ4n) is 6.55. The number of imidazole rings is 1. The molecule has 0 bridgehead atoms. The van der Waals surface area contributed by atoms with Crippen LogP contribution in [0.25, 0.3) is 44.7 Å². The summed E-state index contributed by atoms with van der Waals surface area (Å²) in [5.41, 5.74) is 9.26. The summed E-state index contributed by atoms with van der Waals surface area (Å²) in [5.74, 6) is 1.54. The molecule has 7 heterocycles. The predicted molar refractivity (Wildman–Crippen MR) is 170 cm³/mol. The van der Waals surface area contributed by atoms with E-state index in [1.165, 1.54) is 6.33 Å². The van der Waals surface area contributed by atoms with E-state index in [1.54, 1.807) is 25.1 Å². The molecule has 5 aromatic heterocycles. The molecule has 0 aliphatic carbocycles. The van der Waals surface area contributed by atoms with E-state index >= 15 is 0 Å². The van der Waals surface area contributed by atoms with Gasteiger partial charge in [-0.3, -0.25) is 9.56 Å². The molecular formula is C33H22N10O2. The van der Waals surface area contributed by atoms with Crippen LogP contribution in [0.2, 0.25) is 0 Å². The van der Waals surface area contributed by atoms with Crippen molar-refractivity contribution in [2.45, 2.75) is 12.3 Å². The molecule has 12 heteroatoms. The van der Waals surface area contributed by atoms with Gasteiger partial charge in [0.1, 0.15) is 25.2 Å². The van der Waals surface area contributed by atoms with Crippen LogP contribution in [-0.2, 0) is 4.74 Å². The van der Waals surface area contributed by atoms with Crippen molar-refractivity contribution in [2.24, 2.45) is 4.99 Å². The van der Waals surface area contributed by atoms with E-state index in [-0.39, 0.29) is 5.92 Å². The molecule has 1 atom stereocenters. The van der Waals surface area contributed by atoms with Crippen LogP contribution in [0.3, 0.4) is 0 Å². The zero-order valence-corrected chi connectivity index (χ0v) is 23.5. The zero-order chi connectivity index (χ0) is 29.5. The van der Waals surface area contributed by atoms with E-state index in [4.69, 9.17) is 29.1 Å². The number of rotatable bonds is 6. The first-order chi connectivity index (χ1) is 22.3. The molecule has 2 aliphatic heterocycles. The molecule has 0 saturated heterocycles. The molecule has 3 aromatic carbocycles. The summed E-state index contributed by atoms with van der Waals surface area (Å²) in [6.07, 6.45) is 11.2. The molecular weight excluding hydrogens is 568 g/mol. The van der Waals surface area contributed by atoms with Crippen LogP contribution in [0, 0.1) is 0 Å². The minimum atomic E-state index is -0.188. The summed E-state index contributed by atoms with van der Waals surface area (Å²) in [6.45, 7) is 0.677. The van der Waals surface area contributed by atoms with E-state index in [9.17, 15) is 0 Å². The Balaban J connectivity index is 1.19. The minimum absolute atomic E-state index is 0.188. The van der Waals surface area contributed by atoms with Gasteiger partial charge in [0.25, 0.3) is 0 Å². The summed E-state index contributed by atoms with van der Waals surface area (Å²) in [6, 6.07) is 18.2. The third kappa shape index (κ3) is 3.53. The number of ether oxygens (including phenoxy) is 1. The molecule has 0 fully saturated rings. The number of hydrogen-bond donors (Lipinski definition) is 2. The average molecular weight is 591 g/mol. The molecule has 0 saturated carbocycles. The molecule has 0 radical (unpaired) electrons. The second-order valence-corrected chi connectivity index (χ2v) is 11.1. The third-order valence-corrected chi connectivity index (χ3v) is 8.50. The van der Waals surface area contributed by atoms with Crippen LogP contribution < -0.4 is 10.6 Å². The molecule has 0 spiro atoms. The maximum atomic E-state index is 5.48. The number of nitrogens with zero attached hydrogens (tertiary/aromatic N) is 8. The van der Waals surface area contributed by atoms with Crippen LogP contribution in [0.1, 0.15) is 23.6 Å². The first-order valence-electron chi connectivity index (χ1n) is 14.6. The van der Waals surface area contributed by atoms with Crippen LogP contribution in [0.15, 0.2) is 101 Å². The third-order valence-electron chi connectivity index (χ3n) is 8.50. The lowest BCUT2D eigenvalue weighted by Crippen LogP contribution is -2.12. The second-order valence-electron chi connectivity index (χ2n) is 11.1. The summed E-state index contributed by atoms with van der Waals surface area (Å²) in [4.78, 5) is 28.8. The summed E-state index contributed by atoms with van der Waals surface area (Å²) >= 11 is 0. The van der Waals surface area contributed by atoms with Gasteiger partial charge in [-0.05, 0) is 36.4 Å². The molecule has 8 aromatic rings. The molecule has 1 unspecified atom stereocenters. The number of hydrogen-bond acceptors (Lipinski definition) is 10. The van der Waals surface area contributed by atoms with Crippen LogP contribution in [0.4, 0.5) is 22.7 Å².